The zero-order valence-corrected chi connectivity index (χ0v) is 21.9. The molecule has 1 aliphatic heterocycles. The van der Waals surface area contributed by atoms with E-state index in [1.165, 1.54) is 32.4 Å². The summed E-state index contributed by atoms with van der Waals surface area (Å²) in [6.07, 6.45) is 1.47. The van der Waals surface area contributed by atoms with Crippen molar-refractivity contribution in [3.05, 3.63) is 91.4 Å². The summed E-state index contributed by atoms with van der Waals surface area (Å²) in [5.41, 5.74) is -0.641. The van der Waals surface area contributed by atoms with E-state index in [2.05, 4.69) is 0 Å². The molecular weight excluding hydrogens is 546 g/mol. The van der Waals surface area contributed by atoms with Crippen LogP contribution in [0.5, 0.6) is 28.7 Å². The molecule has 0 bridgehead atoms. The number of imide groups is 1. The van der Waals surface area contributed by atoms with E-state index in [0.717, 1.165) is 34.9 Å². The number of benzene rings is 3. The number of hydrogen-bond acceptors (Lipinski definition) is 11. The molecule has 0 atom stereocenters. The first kappa shape index (κ1) is 27.9. The molecule has 4 rings (SSSR count). The van der Waals surface area contributed by atoms with Crippen LogP contribution >= 0.6 is 11.8 Å². The van der Waals surface area contributed by atoms with Crippen LogP contribution < -0.4 is 18.9 Å². The summed E-state index contributed by atoms with van der Waals surface area (Å²) in [6.45, 7) is 0.0705. The number of rotatable bonds is 11. The quantitative estimate of drug-likeness (QED) is 0.165. The maximum atomic E-state index is 12.9. The summed E-state index contributed by atoms with van der Waals surface area (Å²) in [5, 5.41) is 22.1. The first-order valence-electron chi connectivity index (χ1n) is 11.5. The predicted octanol–water partition coefficient (Wildman–Crippen LogP) is 5.43. The molecule has 13 nitrogen and oxygen atoms in total. The third-order valence-corrected chi connectivity index (χ3v) is 6.48. The van der Waals surface area contributed by atoms with Gasteiger partial charge in [-0.15, -0.1) is 0 Å². The van der Waals surface area contributed by atoms with E-state index < -0.39 is 32.4 Å². The minimum Gasteiger partial charge on any atom is -0.493 e. The van der Waals surface area contributed by atoms with Gasteiger partial charge in [-0.25, -0.2) is 0 Å². The van der Waals surface area contributed by atoms with E-state index in [1.807, 2.05) is 0 Å². The van der Waals surface area contributed by atoms with Gasteiger partial charge in [0.15, 0.2) is 23.0 Å². The number of carbonyl (C=O) groups is 2. The molecule has 0 N–H and O–H groups in total. The molecule has 1 aliphatic rings. The van der Waals surface area contributed by atoms with Crippen molar-refractivity contribution in [1.82, 2.24) is 4.90 Å². The minimum absolute atomic E-state index is 0.0147. The normalized spacial score (nSPS) is 13.8. The minimum atomic E-state index is -0.799. The fraction of sp³-hybridized carbons (Fsp3) is 0.154. The second-order valence-electron chi connectivity index (χ2n) is 8.01. The first-order chi connectivity index (χ1) is 19.2. The van der Waals surface area contributed by atoms with Crippen LogP contribution in [0.1, 0.15) is 5.56 Å². The van der Waals surface area contributed by atoms with Crippen molar-refractivity contribution in [1.29, 1.82) is 0 Å². The van der Waals surface area contributed by atoms with Gasteiger partial charge in [-0.3, -0.25) is 34.7 Å². The summed E-state index contributed by atoms with van der Waals surface area (Å²) >= 11 is 0.754. The van der Waals surface area contributed by atoms with Crippen molar-refractivity contribution in [2.45, 2.75) is 0 Å². The molecule has 0 unspecified atom stereocenters. The topological polar surface area (TPSA) is 161 Å². The molecule has 1 fully saturated rings. The van der Waals surface area contributed by atoms with Gasteiger partial charge in [-0.05, 0) is 53.7 Å². The lowest BCUT2D eigenvalue weighted by atomic mass is 10.1. The van der Waals surface area contributed by atoms with Crippen molar-refractivity contribution in [3.63, 3.8) is 0 Å². The summed E-state index contributed by atoms with van der Waals surface area (Å²) in [5.74, 6) is 0.507. The molecule has 0 aromatic heterocycles. The number of nitro benzene ring substituents is 2. The van der Waals surface area contributed by atoms with Gasteiger partial charge in [0, 0.05) is 6.07 Å². The average molecular weight is 568 g/mol. The Morgan fingerprint density at radius 3 is 2.20 bits per heavy atom. The molecule has 3 aromatic rings. The fourth-order valence-corrected chi connectivity index (χ4v) is 4.52. The van der Waals surface area contributed by atoms with Crippen LogP contribution in [0.2, 0.25) is 0 Å². The number of amides is 2. The predicted molar refractivity (Wildman–Crippen MR) is 144 cm³/mol. The lowest BCUT2D eigenvalue weighted by Gasteiger charge is -2.14. The Kier molecular flexibility index (Phi) is 8.49. The van der Waals surface area contributed by atoms with Gasteiger partial charge < -0.3 is 18.9 Å². The van der Waals surface area contributed by atoms with Gasteiger partial charge in [0.05, 0.1) is 41.6 Å². The Labute approximate surface area is 231 Å². The molecular formula is C26H21N3O10S. The van der Waals surface area contributed by atoms with E-state index in [0.29, 0.717) is 17.1 Å². The maximum Gasteiger partial charge on any atom is 0.318 e. The Morgan fingerprint density at radius 1 is 0.850 bits per heavy atom. The molecule has 0 radical (unpaired) electrons. The number of non-ortho nitro benzene ring substituents is 1. The SMILES string of the molecule is COc1ccccc1OCCN1C(=O)S/C(=C\c2ccc(OC)c(Oc3ccc([N+](=O)[O-])cc3[N+](=O)[O-])c2)C1=O. The Morgan fingerprint density at radius 2 is 1.52 bits per heavy atom. The molecule has 0 aliphatic carbocycles. The first-order valence-corrected chi connectivity index (χ1v) is 12.3. The Hall–Kier alpha value is -5.11. The molecule has 2 amide bonds. The Balaban J connectivity index is 1.52. The van der Waals surface area contributed by atoms with E-state index >= 15 is 0 Å². The van der Waals surface area contributed by atoms with E-state index in [-0.39, 0.29) is 35.3 Å². The molecule has 0 saturated carbocycles. The van der Waals surface area contributed by atoms with Gasteiger partial charge in [-0.2, -0.15) is 0 Å². The number of para-hydroxylation sites is 2. The van der Waals surface area contributed by atoms with Crippen molar-refractivity contribution in [3.8, 4) is 28.7 Å². The van der Waals surface area contributed by atoms with E-state index in [9.17, 15) is 29.8 Å². The number of hydrogen-bond donors (Lipinski definition) is 0. The number of nitro groups is 2. The van der Waals surface area contributed by atoms with Crippen molar-refractivity contribution in [2.24, 2.45) is 0 Å². The average Bonchev–Trinajstić information content (AvgIpc) is 3.20. The number of nitrogens with zero attached hydrogens (tertiary/aromatic N) is 3. The lowest BCUT2D eigenvalue weighted by Crippen LogP contribution is -2.32. The number of methoxy groups -OCH3 is 2. The monoisotopic (exact) mass is 567 g/mol. The Bertz CT molecular complexity index is 1520. The molecule has 3 aromatic carbocycles. The van der Waals surface area contributed by atoms with Crippen molar-refractivity contribution >= 4 is 40.4 Å². The van der Waals surface area contributed by atoms with E-state index in [4.69, 9.17) is 18.9 Å². The number of thioether (sulfide) groups is 1. The van der Waals surface area contributed by atoms with Crippen LogP contribution in [-0.2, 0) is 4.79 Å². The van der Waals surface area contributed by atoms with Crippen LogP contribution in [-0.4, -0.2) is 53.3 Å². The molecule has 0 spiro atoms. The molecule has 40 heavy (non-hydrogen) atoms. The highest BCUT2D eigenvalue weighted by Gasteiger charge is 2.35. The molecule has 1 heterocycles. The summed E-state index contributed by atoms with van der Waals surface area (Å²) in [6, 6.07) is 14.6. The van der Waals surface area contributed by atoms with Gasteiger partial charge in [0.1, 0.15) is 6.61 Å². The standard InChI is InChI=1S/C26H21N3O10S/c1-36-20-5-3-4-6-22(20)38-12-11-27-25(30)24(40-26(27)31)14-16-7-9-21(37-2)23(13-16)39-19-10-8-17(28(32)33)15-18(19)29(34)35/h3-10,13-15H,11-12H2,1-2H3/b24-14-. The number of ether oxygens (including phenoxy) is 4. The second kappa shape index (κ2) is 12.2. The molecule has 14 heteroatoms. The third kappa shape index (κ3) is 6.13. The summed E-state index contributed by atoms with van der Waals surface area (Å²) in [4.78, 5) is 47.6. The van der Waals surface area contributed by atoms with Crippen LogP contribution in [0.25, 0.3) is 6.08 Å². The molecule has 206 valence electrons. The van der Waals surface area contributed by atoms with Crippen molar-refractivity contribution < 1.29 is 38.4 Å². The molecule has 1 saturated heterocycles. The zero-order valence-electron chi connectivity index (χ0n) is 21.1. The zero-order chi connectivity index (χ0) is 28.8. The lowest BCUT2D eigenvalue weighted by molar-refractivity contribution is -0.394. The third-order valence-electron chi connectivity index (χ3n) is 5.57. The van der Waals surface area contributed by atoms with E-state index in [1.54, 1.807) is 30.3 Å². The van der Waals surface area contributed by atoms with Crippen LogP contribution in [0, 0.1) is 20.2 Å². The largest absolute Gasteiger partial charge is 0.493 e. The fourth-order valence-electron chi connectivity index (χ4n) is 3.66. The van der Waals surface area contributed by atoms with Gasteiger partial charge >= 0.3 is 5.69 Å². The van der Waals surface area contributed by atoms with Crippen molar-refractivity contribution in [2.75, 3.05) is 27.4 Å². The highest BCUT2D eigenvalue weighted by molar-refractivity contribution is 8.18. The van der Waals surface area contributed by atoms with Gasteiger partial charge in [0.25, 0.3) is 16.8 Å². The van der Waals surface area contributed by atoms with Crippen LogP contribution in [0.15, 0.2) is 65.6 Å². The maximum absolute atomic E-state index is 12.9. The van der Waals surface area contributed by atoms with Gasteiger partial charge in [0.2, 0.25) is 5.75 Å². The summed E-state index contributed by atoms with van der Waals surface area (Å²) in [7, 11) is 2.87. The summed E-state index contributed by atoms with van der Waals surface area (Å²) < 4.78 is 21.9. The van der Waals surface area contributed by atoms with Crippen LogP contribution in [0.3, 0.4) is 0 Å². The smallest absolute Gasteiger partial charge is 0.318 e. The van der Waals surface area contributed by atoms with Crippen LogP contribution in [0.4, 0.5) is 16.2 Å². The van der Waals surface area contributed by atoms with Gasteiger partial charge in [-0.1, -0.05) is 18.2 Å². The number of carbonyl (C=O) groups excluding carboxylic acids is 2. The highest BCUT2D eigenvalue weighted by Crippen LogP contribution is 2.40. The second-order valence-corrected chi connectivity index (χ2v) is 9.00. The highest BCUT2D eigenvalue weighted by atomic mass is 32.2.